The van der Waals surface area contributed by atoms with Gasteiger partial charge < -0.3 is 0 Å². The van der Waals surface area contributed by atoms with Crippen molar-refractivity contribution < 1.29 is 11.4 Å². The Morgan fingerprint density at radius 3 is 1.98 bits per heavy atom. The van der Waals surface area contributed by atoms with Crippen molar-refractivity contribution in [3.8, 4) is 5.69 Å². The van der Waals surface area contributed by atoms with E-state index in [-0.39, 0.29) is 10.3 Å². The molecule has 0 N–H and O–H groups in total. The first-order valence-corrected chi connectivity index (χ1v) is 21.0. The molecule has 3 heterocycles. The molecule has 6 aromatic carbocycles. The molecule has 0 saturated heterocycles. The summed E-state index contributed by atoms with van der Waals surface area (Å²) >= 11 is -11.1. The average molecular weight is 836 g/mol. The zero-order valence-electron chi connectivity index (χ0n) is 24.0. The zero-order chi connectivity index (χ0) is 31.2. The van der Waals surface area contributed by atoms with E-state index in [2.05, 4.69) is 103 Å². The number of para-hydroxylation sites is 1. The standard InChI is InChI=1S/C37H23BF4I2N2/c39-43(40)45-44(41,42)26-21-22-33-28(23-26)27-15-9-19-32-36(27)46(33)34-20-10-17-30-35(34)38(32)31-18-8-7-16-29(31)37(30,24-11-3-1-4-12-24)25-13-5-2-6-14-25/h1-23H. The first-order chi connectivity index (χ1) is 22.4. The fourth-order valence-electron chi connectivity index (χ4n) is 8.05. The van der Waals surface area contributed by atoms with Gasteiger partial charge in [-0.15, -0.1) is 0 Å². The summed E-state index contributed by atoms with van der Waals surface area (Å²) in [5.74, 6) is 0. The Hall–Kier alpha value is -3.84. The topological polar surface area (TPSA) is 17.3 Å². The van der Waals surface area contributed by atoms with Crippen LogP contribution in [0.4, 0.5) is 11.4 Å². The molecule has 9 rings (SSSR count). The maximum absolute atomic E-state index is 15.1. The number of halogens is 6. The molecule has 226 valence electrons. The Morgan fingerprint density at radius 2 is 1.26 bits per heavy atom. The number of fused-ring (bicyclic) bond motifs is 7. The molecule has 2 aliphatic rings. The molecule has 0 unspecified atom stereocenters. The van der Waals surface area contributed by atoms with Crippen LogP contribution in [0.3, 0.4) is 0 Å². The predicted octanol–water partition coefficient (Wildman–Crippen LogP) is 9.66. The van der Waals surface area contributed by atoms with Crippen molar-refractivity contribution in [2.75, 3.05) is 0 Å². The molecular weight excluding hydrogens is 813 g/mol. The van der Waals surface area contributed by atoms with E-state index in [0.29, 0.717) is 5.39 Å². The van der Waals surface area contributed by atoms with E-state index in [9.17, 15) is 5.72 Å². The number of hydrogen-bond donors (Lipinski definition) is 0. The molecular formula is C37H23BF4I2N2. The van der Waals surface area contributed by atoms with E-state index >= 15 is 5.72 Å². The molecule has 2 nitrogen and oxygen atoms in total. The third-order valence-corrected chi connectivity index (χ3v) is 17.4. The summed E-state index contributed by atoms with van der Waals surface area (Å²) in [5, 5.41) is 1.46. The number of hydrogen-bond acceptors (Lipinski definition) is 1. The monoisotopic (exact) mass is 836 g/mol. The van der Waals surface area contributed by atoms with E-state index in [4.69, 9.17) is 0 Å². The van der Waals surface area contributed by atoms with Gasteiger partial charge in [0.05, 0.1) is 0 Å². The third kappa shape index (κ3) is 3.81. The van der Waals surface area contributed by atoms with Gasteiger partial charge in [0.2, 0.25) is 0 Å². The van der Waals surface area contributed by atoms with Gasteiger partial charge in [-0.05, 0) is 0 Å². The molecule has 1 aromatic heterocycles. The van der Waals surface area contributed by atoms with E-state index in [1.54, 1.807) is 6.07 Å². The molecule has 46 heavy (non-hydrogen) atoms. The van der Waals surface area contributed by atoms with E-state index < -0.39 is 46.1 Å². The van der Waals surface area contributed by atoms with Crippen LogP contribution in [-0.4, -0.2) is 11.3 Å². The first kappa shape index (κ1) is 28.4. The van der Waals surface area contributed by atoms with Crippen LogP contribution < -0.4 is 16.4 Å². The molecule has 0 spiro atoms. The fraction of sp³-hybridized carbons (Fsp3) is 0.0270. The molecule has 0 radical (unpaired) electrons. The molecule has 0 fully saturated rings. The van der Waals surface area contributed by atoms with Crippen molar-refractivity contribution in [3.63, 3.8) is 0 Å². The van der Waals surface area contributed by atoms with Gasteiger partial charge in [-0.3, -0.25) is 0 Å². The van der Waals surface area contributed by atoms with E-state index in [0.717, 1.165) is 38.7 Å². The summed E-state index contributed by atoms with van der Waals surface area (Å²) in [6.07, 6.45) is 0. The predicted molar refractivity (Wildman–Crippen MR) is 197 cm³/mol. The van der Waals surface area contributed by atoms with Crippen molar-refractivity contribution in [2.45, 2.75) is 5.41 Å². The van der Waals surface area contributed by atoms with Gasteiger partial charge in [-0.2, -0.15) is 0 Å². The van der Waals surface area contributed by atoms with Crippen molar-refractivity contribution >= 4 is 85.6 Å². The normalized spacial score (nSPS) is 15.0. The van der Waals surface area contributed by atoms with Crippen molar-refractivity contribution in [1.29, 1.82) is 0 Å². The van der Waals surface area contributed by atoms with Gasteiger partial charge in [0, 0.05) is 0 Å². The van der Waals surface area contributed by atoms with Gasteiger partial charge in [-0.1, -0.05) is 12.1 Å². The first-order valence-electron chi connectivity index (χ1n) is 14.8. The van der Waals surface area contributed by atoms with Crippen LogP contribution in [0.1, 0.15) is 22.3 Å². The Kier molecular flexibility index (Phi) is 6.38. The van der Waals surface area contributed by atoms with E-state index in [1.165, 1.54) is 34.2 Å². The number of aromatic nitrogens is 1. The maximum atomic E-state index is 15.1. The van der Waals surface area contributed by atoms with Crippen molar-refractivity contribution in [3.05, 3.63) is 165 Å². The summed E-state index contributed by atoms with van der Waals surface area (Å²) in [6.45, 7) is -0.0953. The Labute approximate surface area is 277 Å². The average Bonchev–Trinajstić information content (AvgIpc) is 3.41. The zero-order valence-corrected chi connectivity index (χ0v) is 28.3. The number of rotatable bonds is 4. The SMILES string of the molecule is FI(F)N=I(F)(F)c1ccc2c(c1)c1cccc3c1n2-c1cccc2c1B3c1ccccc1C2(c1ccccc1)c1ccccc1. The summed E-state index contributed by atoms with van der Waals surface area (Å²) in [5.41, 5.74) is 10.3. The summed E-state index contributed by atoms with van der Waals surface area (Å²) in [4.78, 5) is 0. The van der Waals surface area contributed by atoms with Crippen LogP contribution in [0, 0.1) is 3.57 Å². The summed E-state index contributed by atoms with van der Waals surface area (Å²) < 4.78 is 61.1. The van der Waals surface area contributed by atoms with Gasteiger partial charge in [0.1, 0.15) is 0 Å². The van der Waals surface area contributed by atoms with Crippen LogP contribution in [0.2, 0.25) is 0 Å². The van der Waals surface area contributed by atoms with Gasteiger partial charge in [-0.25, -0.2) is 0 Å². The Morgan fingerprint density at radius 1 is 0.630 bits per heavy atom. The molecule has 0 amide bonds. The second-order valence-electron chi connectivity index (χ2n) is 11.6. The molecule has 0 bridgehead atoms. The molecule has 0 atom stereocenters. The summed E-state index contributed by atoms with van der Waals surface area (Å²) in [7, 11) is 0. The Balaban J connectivity index is 1.44. The van der Waals surface area contributed by atoms with Crippen molar-refractivity contribution in [2.24, 2.45) is 1.36 Å². The van der Waals surface area contributed by atoms with Crippen LogP contribution in [0.5, 0.6) is 0 Å². The Bertz CT molecular complexity index is 2370. The molecule has 9 heteroatoms. The molecule has 0 aliphatic carbocycles. The van der Waals surface area contributed by atoms with E-state index in [1.807, 2.05) is 24.3 Å². The second-order valence-corrected chi connectivity index (χ2v) is 19.1. The van der Waals surface area contributed by atoms with Crippen LogP contribution in [0.15, 0.2) is 141 Å². The van der Waals surface area contributed by atoms with Gasteiger partial charge in [0.25, 0.3) is 0 Å². The van der Waals surface area contributed by atoms with Gasteiger partial charge in [0.15, 0.2) is 0 Å². The second kappa shape index (κ2) is 10.3. The van der Waals surface area contributed by atoms with Crippen LogP contribution >= 0.6 is 40.6 Å². The van der Waals surface area contributed by atoms with Crippen LogP contribution in [-0.2, 0) is 5.41 Å². The summed E-state index contributed by atoms with van der Waals surface area (Å²) in [6, 6.07) is 46.8. The van der Waals surface area contributed by atoms with Gasteiger partial charge >= 0.3 is 267 Å². The molecule has 7 aromatic rings. The minimum atomic E-state index is -6.14. The molecule has 2 aliphatic heterocycles. The van der Waals surface area contributed by atoms with Crippen LogP contribution in [0.25, 0.3) is 27.5 Å². The van der Waals surface area contributed by atoms with Crippen molar-refractivity contribution in [1.82, 2.24) is 4.57 Å². The molecule has 0 saturated carbocycles. The number of benzene rings is 6. The minimum absolute atomic E-state index is 0.0953. The number of nitrogens with zero attached hydrogens (tertiary/aromatic N) is 2. The quantitative estimate of drug-likeness (QED) is 0.0956. The third-order valence-electron chi connectivity index (χ3n) is 9.59. The fourth-order valence-corrected chi connectivity index (χ4v) is 13.6.